The van der Waals surface area contributed by atoms with Crippen LogP contribution in [0.2, 0.25) is 0 Å². The second-order valence-electron chi connectivity index (χ2n) is 2.09. The minimum atomic E-state index is -0.841. The van der Waals surface area contributed by atoms with Crippen molar-refractivity contribution in [1.82, 2.24) is 0 Å². The van der Waals surface area contributed by atoms with Gasteiger partial charge in [0.1, 0.15) is 0 Å². The van der Waals surface area contributed by atoms with Crippen LogP contribution in [0.25, 0.3) is 0 Å². The monoisotopic (exact) mass is 194 g/mol. The molecule has 0 rings (SSSR count). The topological polar surface area (TPSA) is 55.8 Å². The molecule has 0 aromatic carbocycles. The third-order valence-corrected chi connectivity index (χ3v) is 1.25. The number of rotatable bonds is 8. The van der Waals surface area contributed by atoms with Gasteiger partial charge in [-0.25, -0.2) is 0 Å². The lowest BCUT2D eigenvalue weighted by Crippen LogP contribution is -2.08. The molecule has 0 heterocycles. The standard InChI is InChI=1S/C7H14O4S/c8-7(9)1-2-10-3-4-11-5-6-12/h12H,1-6H2,(H,8,9). The first kappa shape index (κ1) is 11.7. The predicted octanol–water partition coefficient (Wildman–Crippen LogP) is 0.424. The first-order valence-electron chi connectivity index (χ1n) is 3.75. The molecular weight excluding hydrogens is 180 g/mol. The summed E-state index contributed by atoms with van der Waals surface area (Å²) in [5.41, 5.74) is 0. The number of aliphatic carboxylic acids is 1. The van der Waals surface area contributed by atoms with Crippen molar-refractivity contribution in [3.05, 3.63) is 0 Å². The molecule has 0 atom stereocenters. The van der Waals surface area contributed by atoms with Crippen LogP contribution < -0.4 is 0 Å². The third-order valence-electron chi connectivity index (χ3n) is 1.07. The Labute approximate surface area is 77.3 Å². The van der Waals surface area contributed by atoms with Crippen molar-refractivity contribution in [3.63, 3.8) is 0 Å². The van der Waals surface area contributed by atoms with Crippen LogP contribution >= 0.6 is 12.6 Å². The van der Waals surface area contributed by atoms with Crippen molar-refractivity contribution in [3.8, 4) is 0 Å². The fraction of sp³-hybridized carbons (Fsp3) is 0.857. The van der Waals surface area contributed by atoms with Gasteiger partial charge in [0, 0.05) is 5.75 Å². The summed E-state index contributed by atoms with van der Waals surface area (Å²) in [6.45, 7) is 1.80. The number of hydrogen-bond donors (Lipinski definition) is 2. The third kappa shape index (κ3) is 9.74. The molecule has 0 radical (unpaired) electrons. The number of carboxylic acid groups (broad SMARTS) is 1. The van der Waals surface area contributed by atoms with Crippen molar-refractivity contribution in [2.45, 2.75) is 6.42 Å². The molecule has 72 valence electrons. The summed E-state index contributed by atoms with van der Waals surface area (Å²) >= 11 is 3.95. The predicted molar refractivity (Wildman–Crippen MR) is 47.7 cm³/mol. The number of hydrogen-bond acceptors (Lipinski definition) is 4. The van der Waals surface area contributed by atoms with Crippen LogP contribution in [0.5, 0.6) is 0 Å². The Morgan fingerprint density at radius 3 is 2.25 bits per heavy atom. The van der Waals surface area contributed by atoms with Crippen LogP contribution in [0.1, 0.15) is 6.42 Å². The van der Waals surface area contributed by atoms with E-state index < -0.39 is 5.97 Å². The van der Waals surface area contributed by atoms with E-state index in [0.717, 1.165) is 0 Å². The van der Waals surface area contributed by atoms with E-state index in [1.165, 1.54) is 0 Å². The Balaban J connectivity index is 2.86. The molecule has 0 fully saturated rings. The number of thiol groups is 1. The Hall–Kier alpha value is -0.260. The SMILES string of the molecule is O=C(O)CCOCCOCCS. The van der Waals surface area contributed by atoms with E-state index in [9.17, 15) is 4.79 Å². The van der Waals surface area contributed by atoms with Gasteiger partial charge in [-0.15, -0.1) is 0 Å². The van der Waals surface area contributed by atoms with Gasteiger partial charge in [-0.2, -0.15) is 12.6 Å². The lowest BCUT2D eigenvalue weighted by molar-refractivity contribution is -0.138. The Bertz CT molecular complexity index is 118. The van der Waals surface area contributed by atoms with Gasteiger partial charge in [-0.3, -0.25) is 4.79 Å². The lowest BCUT2D eigenvalue weighted by Gasteiger charge is -2.02. The van der Waals surface area contributed by atoms with Crippen molar-refractivity contribution in [2.24, 2.45) is 0 Å². The molecule has 0 aliphatic carbocycles. The molecule has 0 spiro atoms. The molecule has 0 saturated heterocycles. The summed E-state index contributed by atoms with van der Waals surface area (Å²) in [6, 6.07) is 0. The summed E-state index contributed by atoms with van der Waals surface area (Å²) in [5, 5.41) is 8.23. The summed E-state index contributed by atoms with van der Waals surface area (Å²) in [5.74, 6) is -0.152. The molecule has 0 saturated carbocycles. The second-order valence-corrected chi connectivity index (χ2v) is 2.54. The highest BCUT2D eigenvalue weighted by Gasteiger charge is 1.95. The van der Waals surface area contributed by atoms with Crippen LogP contribution in [-0.2, 0) is 14.3 Å². The summed E-state index contributed by atoms with van der Waals surface area (Å²) in [4.78, 5) is 10.0. The van der Waals surface area contributed by atoms with Gasteiger partial charge in [0.15, 0.2) is 0 Å². The highest BCUT2D eigenvalue weighted by atomic mass is 32.1. The molecule has 5 heteroatoms. The van der Waals surface area contributed by atoms with Crippen LogP contribution in [0.15, 0.2) is 0 Å². The molecule has 0 unspecified atom stereocenters. The first-order chi connectivity index (χ1) is 5.77. The van der Waals surface area contributed by atoms with Crippen molar-refractivity contribution >= 4 is 18.6 Å². The first-order valence-corrected chi connectivity index (χ1v) is 4.38. The van der Waals surface area contributed by atoms with Gasteiger partial charge in [-0.05, 0) is 0 Å². The van der Waals surface area contributed by atoms with E-state index in [4.69, 9.17) is 14.6 Å². The summed E-state index contributed by atoms with van der Waals surface area (Å²) in [6.07, 6.45) is 0.0482. The summed E-state index contributed by atoms with van der Waals surface area (Å²) < 4.78 is 10.0. The average Bonchev–Trinajstić information content (AvgIpc) is 2.02. The second kappa shape index (κ2) is 8.83. The van der Waals surface area contributed by atoms with E-state index in [-0.39, 0.29) is 13.0 Å². The van der Waals surface area contributed by atoms with Gasteiger partial charge in [-0.1, -0.05) is 0 Å². The lowest BCUT2D eigenvalue weighted by atomic mass is 10.5. The number of carbonyl (C=O) groups is 1. The zero-order chi connectivity index (χ0) is 9.23. The smallest absolute Gasteiger partial charge is 0.305 e. The highest BCUT2D eigenvalue weighted by Crippen LogP contribution is 1.84. The Morgan fingerprint density at radius 1 is 1.17 bits per heavy atom. The quantitative estimate of drug-likeness (QED) is 0.434. The maximum atomic E-state index is 10.0. The highest BCUT2D eigenvalue weighted by molar-refractivity contribution is 7.80. The van der Waals surface area contributed by atoms with E-state index in [1.807, 2.05) is 0 Å². The van der Waals surface area contributed by atoms with E-state index in [1.54, 1.807) is 0 Å². The van der Waals surface area contributed by atoms with Crippen molar-refractivity contribution < 1.29 is 19.4 Å². The maximum absolute atomic E-state index is 10.0. The van der Waals surface area contributed by atoms with Crippen LogP contribution in [-0.4, -0.2) is 43.3 Å². The van der Waals surface area contributed by atoms with Crippen LogP contribution in [0.4, 0.5) is 0 Å². The van der Waals surface area contributed by atoms with Gasteiger partial charge < -0.3 is 14.6 Å². The zero-order valence-electron chi connectivity index (χ0n) is 6.86. The average molecular weight is 194 g/mol. The number of carboxylic acids is 1. The Kier molecular flexibility index (Phi) is 8.64. The molecule has 12 heavy (non-hydrogen) atoms. The van der Waals surface area contributed by atoms with Crippen LogP contribution in [0, 0.1) is 0 Å². The fourth-order valence-corrected chi connectivity index (χ4v) is 0.675. The van der Waals surface area contributed by atoms with Crippen molar-refractivity contribution in [1.29, 1.82) is 0 Å². The van der Waals surface area contributed by atoms with Gasteiger partial charge in [0.05, 0.1) is 32.8 Å². The van der Waals surface area contributed by atoms with Gasteiger partial charge >= 0.3 is 5.97 Å². The normalized spacial score (nSPS) is 10.1. The molecule has 4 nitrogen and oxygen atoms in total. The summed E-state index contributed by atoms with van der Waals surface area (Å²) in [7, 11) is 0. The Morgan fingerprint density at radius 2 is 1.75 bits per heavy atom. The molecule has 0 aromatic rings. The van der Waals surface area contributed by atoms with E-state index in [2.05, 4.69) is 12.6 Å². The maximum Gasteiger partial charge on any atom is 0.305 e. The molecule has 0 aliphatic rings. The zero-order valence-corrected chi connectivity index (χ0v) is 7.76. The fourth-order valence-electron chi connectivity index (χ4n) is 0.546. The van der Waals surface area contributed by atoms with Gasteiger partial charge in [0.2, 0.25) is 0 Å². The molecule has 0 aromatic heterocycles. The molecular formula is C7H14O4S. The minimum absolute atomic E-state index is 0.0482. The minimum Gasteiger partial charge on any atom is -0.481 e. The van der Waals surface area contributed by atoms with Crippen LogP contribution in [0.3, 0.4) is 0 Å². The number of ether oxygens (including phenoxy) is 2. The molecule has 0 amide bonds. The molecule has 0 aliphatic heterocycles. The van der Waals surface area contributed by atoms with E-state index in [0.29, 0.717) is 25.6 Å². The molecule has 0 bridgehead atoms. The largest absolute Gasteiger partial charge is 0.481 e. The van der Waals surface area contributed by atoms with E-state index >= 15 is 0 Å². The van der Waals surface area contributed by atoms with Crippen molar-refractivity contribution in [2.75, 3.05) is 32.2 Å². The molecule has 1 N–H and O–H groups in total. The van der Waals surface area contributed by atoms with Gasteiger partial charge in [0.25, 0.3) is 0 Å².